The summed E-state index contributed by atoms with van der Waals surface area (Å²) in [5.41, 5.74) is 0.261. The van der Waals surface area contributed by atoms with Gasteiger partial charge in [0, 0.05) is 11.8 Å². The molecule has 0 aliphatic rings. The molecule has 2 rings (SSSR count). The predicted molar refractivity (Wildman–Crippen MR) is 68.6 cm³/mol. The number of nitrogens with one attached hydrogen (secondary N) is 1. The van der Waals surface area contributed by atoms with Gasteiger partial charge in [0.15, 0.2) is 18.2 Å². The average molecular weight is 261 g/mol. The normalized spacial score (nSPS) is 9.95. The number of halogens is 1. The van der Waals surface area contributed by atoms with Crippen molar-refractivity contribution >= 4 is 11.6 Å². The molecule has 0 aliphatic heterocycles. The molecular weight excluding hydrogens is 249 g/mol. The molecule has 0 radical (unpaired) electrons. The number of hydrogen-bond donors (Lipinski definition) is 2. The molecular formula is C14H12FNO3. The SMILES string of the molecule is O=C(COc1ccccc1)Nc1ccc(O)c(F)c1. The Hall–Kier alpha value is -2.56. The number of carbonyl (C=O) groups excluding carboxylic acids is 1. The molecule has 0 aliphatic carbocycles. The molecule has 0 spiro atoms. The second-order valence-electron chi connectivity index (χ2n) is 3.82. The van der Waals surface area contributed by atoms with Crippen molar-refractivity contribution in [3.63, 3.8) is 0 Å². The highest BCUT2D eigenvalue weighted by Crippen LogP contribution is 2.19. The third kappa shape index (κ3) is 3.70. The first-order chi connectivity index (χ1) is 9.15. The van der Waals surface area contributed by atoms with Crippen LogP contribution in [0, 0.1) is 5.82 Å². The van der Waals surface area contributed by atoms with Crippen molar-refractivity contribution in [2.45, 2.75) is 0 Å². The Kier molecular flexibility index (Phi) is 3.97. The summed E-state index contributed by atoms with van der Waals surface area (Å²) < 4.78 is 18.3. The summed E-state index contributed by atoms with van der Waals surface area (Å²) in [6, 6.07) is 12.5. The maximum absolute atomic E-state index is 13.0. The van der Waals surface area contributed by atoms with E-state index in [0.717, 1.165) is 6.07 Å². The van der Waals surface area contributed by atoms with Gasteiger partial charge in [0.25, 0.3) is 5.91 Å². The van der Waals surface area contributed by atoms with Gasteiger partial charge in [0.05, 0.1) is 0 Å². The lowest BCUT2D eigenvalue weighted by Gasteiger charge is -2.07. The molecule has 2 N–H and O–H groups in total. The first-order valence-electron chi connectivity index (χ1n) is 5.61. The quantitative estimate of drug-likeness (QED) is 0.831. The largest absolute Gasteiger partial charge is 0.505 e. The number of phenolic OH excluding ortho intramolecular Hbond substituents is 1. The molecule has 0 heterocycles. The van der Waals surface area contributed by atoms with Gasteiger partial charge in [-0.15, -0.1) is 0 Å². The Morgan fingerprint density at radius 3 is 2.63 bits per heavy atom. The second-order valence-corrected chi connectivity index (χ2v) is 3.82. The van der Waals surface area contributed by atoms with E-state index in [2.05, 4.69) is 5.32 Å². The third-order valence-electron chi connectivity index (χ3n) is 2.34. The maximum atomic E-state index is 13.0. The van der Waals surface area contributed by atoms with E-state index < -0.39 is 17.5 Å². The van der Waals surface area contributed by atoms with Gasteiger partial charge >= 0.3 is 0 Å². The molecule has 98 valence electrons. The Morgan fingerprint density at radius 2 is 1.95 bits per heavy atom. The third-order valence-corrected chi connectivity index (χ3v) is 2.34. The minimum atomic E-state index is -0.790. The van der Waals surface area contributed by atoms with E-state index in [0.29, 0.717) is 5.75 Å². The van der Waals surface area contributed by atoms with Gasteiger partial charge < -0.3 is 15.2 Å². The Labute approximate surface area is 109 Å². The number of aromatic hydroxyl groups is 1. The van der Waals surface area contributed by atoms with Gasteiger partial charge in [-0.05, 0) is 24.3 Å². The van der Waals surface area contributed by atoms with Gasteiger partial charge in [-0.1, -0.05) is 18.2 Å². The van der Waals surface area contributed by atoms with Gasteiger partial charge in [-0.25, -0.2) is 4.39 Å². The van der Waals surface area contributed by atoms with Gasteiger partial charge in [0.1, 0.15) is 5.75 Å². The zero-order valence-corrected chi connectivity index (χ0v) is 9.97. The van der Waals surface area contributed by atoms with Gasteiger partial charge in [-0.2, -0.15) is 0 Å². The zero-order valence-electron chi connectivity index (χ0n) is 9.97. The average Bonchev–Trinajstić information content (AvgIpc) is 2.42. The molecule has 0 unspecified atom stereocenters. The van der Waals surface area contributed by atoms with Crippen molar-refractivity contribution in [2.24, 2.45) is 0 Å². The number of hydrogen-bond acceptors (Lipinski definition) is 3. The molecule has 19 heavy (non-hydrogen) atoms. The number of rotatable bonds is 4. The molecule has 1 amide bonds. The first-order valence-corrected chi connectivity index (χ1v) is 5.61. The van der Waals surface area contributed by atoms with Gasteiger partial charge in [-0.3, -0.25) is 4.79 Å². The lowest BCUT2D eigenvalue weighted by Crippen LogP contribution is -2.20. The molecule has 2 aromatic rings. The second kappa shape index (κ2) is 5.86. The van der Waals surface area contributed by atoms with Crippen LogP contribution < -0.4 is 10.1 Å². The monoisotopic (exact) mass is 261 g/mol. The number of para-hydroxylation sites is 1. The van der Waals surface area contributed by atoms with Crippen molar-refractivity contribution in [1.29, 1.82) is 0 Å². The highest BCUT2D eigenvalue weighted by Gasteiger charge is 2.06. The molecule has 0 atom stereocenters. The maximum Gasteiger partial charge on any atom is 0.262 e. The van der Waals surface area contributed by atoms with Crippen LogP contribution >= 0.6 is 0 Å². The smallest absolute Gasteiger partial charge is 0.262 e. The van der Waals surface area contributed by atoms with Crippen molar-refractivity contribution in [3.05, 3.63) is 54.3 Å². The fourth-order valence-corrected chi connectivity index (χ4v) is 1.45. The minimum absolute atomic E-state index is 0.174. The molecule has 5 heteroatoms. The lowest BCUT2D eigenvalue weighted by atomic mass is 10.3. The van der Waals surface area contributed by atoms with Crippen molar-refractivity contribution in [1.82, 2.24) is 0 Å². The number of anilines is 1. The lowest BCUT2D eigenvalue weighted by molar-refractivity contribution is -0.118. The molecule has 0 saturated heterocycles. The van der Waals surface area contributed by atoms with Gasteiger partial charge in [0.2, 0.25) is 0 Å². The Morgan fingerprint density at radius 1 is 1.21 bits per heavy atom. The van der Waals surface area contributed by atoms with Crippen LogP contribution in [-0.4, -0.2) is 17.6 Å². The standard InChI is InChI=1S/C14H12FNO3/c15-12-8-10(6-7-13(12)17)16-14(18)9-19-11-4-2-1-3-5-11/h1-8,17H,9H2,(H,16,18). The van der Waals surface area contributed by atoms with Crippen LogP contribution in [0.4, 0.5) is 10.1 Å². The molecule has 0 saturated carbocycles. The van der Waals surface area contributed by atoms with E-state index in [-0.39, 0.29) is 12.3 Å². The fraction of sp³-hybridized carbons (Fsp3) is 0.0714. The van der Waals surface area contributed by atoms with E-state index in [1.54, 1.807) is 24.3 Å². The van der Waals surface area contributed by atoms with E-state index >= 15 is 0 Å². The minimum Gasteiger partial charge on any atom is -0.505 e. The number of benzene rings is 2. The van der Waals surface area contributed by atoms with Crippen LogP contribution in [0.5, 0.6) is 11.5 Å². The summed E-state index contributed by atoms with van der Waals surface area (Å²) in [4.78, 5) is 11.6. The molecule has 0 bridgehead atoms. The number of carbonyl (C=O) groups is 1. The van der Waals surface area contributed by atoms with Crippen LogP contribution in [0.3, 0.4) is 0 Å². The summed E-state index contributed by atoms with van der Waals surface area (Å²) in [5, 5.41) is 11.5. The molecule has 0 aromatic heterocycles. The first kappa shape index (κ1) is 12.9. The van der Waals surface area contributed by atoms with Crippen LogP contribution in [0.25, 0.3) is 0 Å². The summed E-state index contributed by atoms with van der Waals surface area (Å²) in [7, 11) is 0. The zero-order chi connectivity index (χ0) is 13.7. The van der Waals surface area contributed by atoms with E-state index in [9.17, 15) is 9.18 Å². The molecule has 0 fully saturated rings. The van der Waals surface area contributed by atoms with Crippen LogP contribution in [0.1, 0.15) is 0 Å². The van der Waals surface area contributed by atoms with E-state index in [1.165, 1.54) is 12.1 Å². The molecule has 4 nitrogen and oxygen atoms in total. The van der Waals surface area contributed by atoms with Crippen LogP contribution in [0.15, 0.2) is 48.5 Å². The highest BCUT2D eigenvalue weighted by molar-refractivity contribution is 5.91. The fourth-order valence-electron chi connectivity index (χ4n) is 1.45. The van der Waals surface area contributed by atoms with Crippen LogP contribution in [0.2, 0.25) is 0 Å². The van der Waals surface area contributed by atoms with E-state index in [1.807, 2.05) is 6.07 Å². The number of phenols is 1. The van der Waals surface area contributed by atoms with Crippen molar-refractivity contribution < 1.29 is 19.0 Å². The highest BCUT2D eigenvalue weighted by atomic mass is 19.1. The number of ether oxygens (including phenoxy) is 1. The summed E-state index contributed by atoms with van der Waals surface area (Å²) in [5.74, 6) is -1.08. The summed E-state index contributed by atoms with van der Waals surface area (Å²) in [6.45, 7) is -0.174. The summed E-state index contributed by atoms with van der Waals surface area (Å²) in [6.07, 6.45) is 0. The van der Waals surface area contributed by atoms with Crippen LogP contribution in [-0.2, 0) is 4.79 Å². The Balaban J connectivity index is 1.89. The topological polar surface area (TPSA) is 58.6 Å². The summed E-state index contributed by atoms with van der Waals surface area (Å²) >= 11 is 0. The number of amides is 1. The Bertz CT molecular complexity index is 572. The van der Waals surface area contributed by atoms with Crippen molar-refractivity contribution in [2.75, 3.05) is 11.9 Å². The van der Waals surface area contributed by atoms with E-state index in [4.69, 9.17) is 9.84 Å². The predicted octanol–water partition coefficient (Wildman–Crippen LogP) is 2.55. The van der Waals surface area contributed by atoms with Crippen molar-refractivity contribution in [3.8, 4) is 11.5 Å². The molecule has 2 aromatic carbocycles.